The molecule has 1 atom stereocenters. The molecular weight excluding hydrogens is 462 g/mol. The predicted octanol–water partition coefficient (Wildman–Crippen LogP) is 1.72. The number of carbonyl (C=O) groups is 5. The molecule has 0 aromatic heterocycles. The van der Waals surface area contributed by atoms with Gasteiger partial charge in [-0.2, -0.15) is 0 Å². The molecule has 2 rings (SSSR count). The van der Waals surface area contributed by atoms with Crippen molar-refractivity contribution in [2.24, 2.45) is 0 Å². The van der Waals surface area contributed by atoms with Crippen molar-refractivity contribution >= 4 is 35.6 Å². The third-order valence-corrected chi connectivity index (χ3v) is 4.36. The zero-order chi connectivity index (χ0) is 26.0. The molecule has 0 aliphatic rings. The van der Waals surface area contributed by atoms with Gasteiger partial charge in [-0.3, -0.25) is 25.1 Å². The first-order valence-electron chi connectivity index (χ1n) is 10.1. The third-order valence-electron chi connectivity index (χ3n) is 4.36. The number of ketones is 1. The van der Waals surface area contributed by atoms with E-state index in [-0.39, 0.29) is 22.7 Å². The molecule has 0 spiro atoms. The van der Waals surface area contributed by atoms with Crippen molar-refractivity contribution in [2.45, 2.75) is 19.9 Å². The predicted molar refractivity (Wildman–Crippen MR) is 120 cm³/mol. The van der Waals surface area contributed by atoms with Crippen LogP contribution in [0.3, 0.4) is 0 Å². The maximum absolute atomic E-state index is 12.6. The highest BCUT2D eigenvalue weighted by molar-refractivity contribution is 6.06. The van der Waals surface area contributed by atoms with Crippen molar-refractivity contribution < 1.29 is 43.3 Å². The second-order valence-corrected chi connectivity index (χ2v) is 7.03. The van der Waals surface area contributed by atoms with E-state index >= 15 is 0 Å². The van der Waals surface area contributed by atoms with Crippen LogP contribution in [0.2, 0.25) is 0 Å². The van der Waals surface area contributed by atoms with Gasteiger partial charge < -0.3 is 24.6 Å². The van der Waals surface area contributed by atoms with E-state index in [4.69, 9.17) is 15.3 Å². The van der Waals surface area contributed by atoms with Gasteiger partial charge in [-0.15, -0.1) is 0 Å². The molecule has 0 saturated heterocycles. The summed E-state index contributed by atoms with van der Waals surface area (Å²) in [5.74, 6) is -2.65. The lowest BCUT2D eigenvalue weighted by atomic mass is 10.0. The average Bonchev–Trinajstić information content (AvgIpc) is 2.82. The largest absolute Gasteiger partial charge is 0.482 e. The van der Waals surface area contributed by atoms with Gasteiger partial charge in [0.2, 0.25) is 6.79 Å². The molecule has 2 aromatic rings. The molecule has 35 heavy (non-hydrogen) atoms. The molecule has 2 amide bonds. The van der Waals surface area contributed by atoms with Crippen molar-refractivity contribution in [2.75, 3.05) is 13.4 Å². The van der Waals surface area contributed by atoms with E-state index in [0.717, 1.165) is 6.92 Å². The normalized spacial score (nSPS) is 10.9. The molecule has 12 heteroatoms. The van der Waals surface area contributed by atoms with Gasteiger partial charge in [-0.1, -0.05) is 12.1 Å². The minimum Gasteiger partial charge on any atom is -0.482 e. The molecular formula is C23H23N3O9. The van der Waals surface area contributed by atoms with Crippen LogP contribution in [-0.4, -0.2) is 60.1 Å². The van der Waals surface area contributed by atoms with Crippen LogP contribution in [0, 0.1) is 5.41 Å². The number of aliphatic carboxylic acids is 1. The zero-order valence-electron chi connectivity index (χ0n) is 18.8. The van der Waals surface area contributed by atoms with Gasteiger partial charge in [-0.25, -0.2) is 9.59 Å². The topological polar surface area (TPSA) is 181 Å². The lowest BCUT2D eigenvalue weighted by molar-refractivity contribution is -0.149. The SMILES string of the molecule is CC(=O)OCOC(=O)NC(=N)c1ccc(C(=O)NC(C)C(=O)c2ccc(OCC(=O)O)cc2)cc1. The smallest absolute Gasteiger partial charge is 0.415 e. The van der Waals surface area contributed by atoms with E-state index in [1.165, 1.54) is 55.5 Å². The molecule has 0 saturated carbocycles. The molecule has 2 aromatic carbocycles. The van der Waals surface area contributed by atoms with Crippen molar-refractivity contribution in [3.63, 3.8) is 0 Å². The van der Waals surface area contributed by atoms with Crippen molar-refractivity contribution in [3.8, 4) is 5.75 Å². The molecule has 184 valence electrons. The Bertz CT molecular complexity index is 1110. The number of amides is 2. The van der Waals surface area contributed by atoms with E-state index in [1.807, 2.05) is 0 Å². The number of rotatable bonds is 10. The highest BCUT2D eigenvalue weighted by atomic mass is 16.7. The summed E-state index contributed by atoms with van der Waals surface area (Å²) >= 11 is 0. The van der Waals surface area contributed by atoms with E-state index in [9.17, 15) is 24.0 Å². The number of carboxylic acid groups (broad SMARTS) is 1. The standard InChI is InChI=1S/C23H23N3O9/c1-13(20(30)15-7-9-18(10-8-15)33-11-19(28)29)25-22(31)17-5-3-16(4-6-17)21(24)26-23(32)35-12-34-14(2)27/h3-10,13H,11-12H2,1-2H3,(H,25,31)(H,28,29)(H2,24,26,32). The Morgan fingerprint density at radius 3 is 2.06 bits per heavy atom. The Balaban J connectivity index is 1.90. The van der Waals surface area contributed by atoms with E-state index in [0.29, 0.717) is 11.3 Å². The molecule has 0 heterocycles. The zero-order valence-corrected chi connectivity index (χ0v) is 18.8. The summed E-state index contributed by atoms with van der Waals surface area (Å²) in [7, 11) is 0. The molecule has 0 radical (unpaired) electrons. The average molecular weight is 485 g/mol. The number of alkyl carbamates (subject to hydrolysis) is 1. The summed E-state index contributed by atoms with van der Waals surface area (Å²) in [5.41, 5.74) is 0.798. The van der Waals surface area contributed by atoms with Crippen LogP contribution in [0.5, 0.6) is 5.75 Å². The van der Waals surface area contributed by atoms with E-state index in [1.54, 1.807) is 0 Å². The fourth-order valence-corrected chi connectivity index (χ4v) is 2.62. The summed E-state index contributed by atoms with van der Waals surface area (Å²) in [6, 6.07) is 10.7. The van der Waals surface area contributed by atoms with E-state index in [2.05, 4.69) is 20.1 Å². The lowest BCUT2D eigenvalue weighted by Crippen LogP contribution is -2.38. The number of carboxylic acids is 1. The van der Waals surface area contributed by atoms with Crippen LogP contribution in [0.4, 0.5) is 4.79 Å². The minimum atomic E-state index is -1.12. The van der Waals surface area contributed by atoms with Gasteiger partial charge in [-0.05, 0) is 43.3 Å². The number of ether oxygens (including phenoxy) is 3. The number of carbonyl (C=O) groups excluding carboxylic acids is 4. The Morgan fingerprint density at radius 2 is 1.49 bits per heavy atom. The van der Waals surface area contributed by atoms with Crippen LogP contribution < -0.4 is 15.4 Å². The molecule has 12 nitrogen and oxygen atoms in total. The number of nitrogens with one attached hydrogen (secondary N) is 3. The van der Waals surface area contributed by atoms with Crippen molar-refractivity contribution in [1.29, 1.82) is 5.41 Å². The van der Waals surface area contributed by atoms with Crippen LogP contribution in [0.25, 0.3) is 0 Å². The lowest BCUT2D eigenvalue weighted by Gasteiger charge is -2.14. The summed E-state index contributed by atoms with van der Waals surface area (Å²) in [5, 5.41) is 21.2. The summed E-state index contributed by atoms with van der Waals surface area (Å²) in [6.45, 7) is 1.57. The summed E-state index contributed by atoms with van der Waals surface area (Å²) in [6.07, 6.45) is -0.994. The number of Topliss-reactive ketones (excluding diaryl/α,β-unsaturated/α-hetero) is 1. The van der Waals surface area contributed by atoms with Crippen molar-refractivity contribution in [1.82, 2.24) is 10.6 Å². The third kappa shape index (κ3) is 8.61. The van der Waals surface area contributed by atoms with Crippen LogP contribution in [0.1, 0.15) is 40.1 Å². The molecule has 0 aliphatic heterocycles. The number of esters is 1. The number of hydrogen-bond acceptors (Lipinski definition) is 9. The maximum atomic E-state index is 12.6. The van der Waals surface area contributed by atoms with Gasteiger partial charge in [0.15, 0.2) is 12.4 Å². The first-order chi connectivity index (χ1) is 16.6. The molecule has 0 fully saturated rings. The Hall–Kier alpha value is -4.74. The summed E-state index contributed by atoms with van der Waals surface area (Å²) in [4.78, 5) is 57.8. The Kier molecular flexibility index (Phi) is 9.46. The first kappa shape index (κ1) is 26.5. The van der Waals surface area contributed by atoms with Crippen LogP contribution >= 0.6 is 0 Å². The van der Waals surface area contributed by atoms with Gasteiger partial charge in [0.05, 0.1) is 6.04 Å². The quantitative estimate of drug-likeness (QED) is 0.128. The summed E-state index contributed by atoms with van der Waals surface area (Å²) < 4.78 is 14.0. The van der Waals surface area contributed by atoms with Gasteiger partial charge in [0.1, 0.15) is 11.6 Å². The number of benzene rings is 2. The molecule has 1 unspecified atom stereocenters. The Labute approximate surface area is 199 Å². The highest BCUT2D eigenvalue weighted by Gasteiger charge is 2.19. The molecule has 4 N–H and O–H groups in total. The van der Waals surface area contributed by atoms with Crippen LogP contribution in [0.15, 0.2) is 48.5 Å². The first-order valence-corrected chi connectivity index (χ1v) is 10.1. The number of amidine groups is 1. The number of hydrogen-bond donors (Lipinski definition) is 4. The monoisotopic (exact) mass is 485 g/mol. The van der Waals surface area contributed by atoms with Gasteiger partial charge in [0, 0.05) is 23.6 Å². The minimum absolute atomic E-state index is 0.219. The molecule has 0 aliphatic carbocycles. The van der Waals surface area contributed by atoms with Crippen LogP contribution in [-0.2, 0) is 19.1 Å². The molecule has 0 bridgehead atoms. The fraction of sp³-hybridized carbons (Fsp3) is 0.217. The Morgan fingerprint density at radius 1 is 0.914 bits per heavy atom. The fourth-order valence-electron chi connectivity index (χ4n) is 2.62. The van der Waals surface area contributed by atoms with Crippen molar-refractivity contribution in [3.05, 3.63) is 65.2 Å². The second-order valence-electron chi connectivity index (χ2n) is 7.03. The maximum Gasteiger partial charge on any atom is 0.415 e. The van der Waals surface area contributed by atoms with E-state index < -0.39 is 43.4 Å². The van der Waals surface area contributed by atoms with Gasteiger partial charge in [0.25, 0.3) is 5.91 Å². The second kappa shape index (κ2) is 12.5. The highest BCUT2D eigenvalue weighted by Crippen LogP contribution is 2.14. The van der Waals surface area contributed by atoms with Gasteiger partial charge >= 0.3 is 18.0 Å².